The second kappa shape index (κ2) is 6.31. The van der Waals surface area contributed by atoms with Crippen LogP contribution in [0.4, 0.5) is 5.69 Å². The molecule has 0 spiro atoms. The van der Waals surface area contributed by atoms with E-state index in [1.54, 1.807) is 24.3 Å². The van der Waals surface area contributed by atoms with Gasteiger partial charge in [0.1, 0.15) is 9.71 Å². The summed E-state index contributed by atoms with van der Waals surface area (Å²) in [7, 11) is 0. The Kier molecular flexibility index (Phi) is 3.99. The maximum atomic E-state index is 12.8. The normalized spacial score (nSPS) is 10.9. The maximum absolute atomic E-state index is 12.8. The molecular formula is C20H13ClN2OS. The third kappa shape index (κ3) is 2.90. The van der Waals surface area contributed by atoms with Gasteiger partial charge in [-0.3, -0.25) is 4.79 Å². The number of halogens is 1. The van der Waals surface area contributed by atoms with Crippen LogP contribution in [0.5, 0.6) is 0 Å². The minimum absolute atomic E-state index is 0.135. The average molecular weight is 365 g/mol. The molecule has 0 saturated carbocycles. The van der Waals surface area contributed by atoms with Crippen molar-refractivity contribution in [2.24, 2.45) is 0 Å². The lowest BCUT2D eigenvalue weighted by molar-refractivity contribution is 0.104. The van der Waals surface area contributed by atoms with E-state index in [1.807, 2.05) is 42.5 Å². The molecule has 5 heteroatoms. The number of aromatic nitrogens is 1. The number of pyridine rings is 1. The van der Waals surface area contributed by atoms with E-state index in [9.17, 15) is 4.79 Å². The molecule has 2 heterocycles. The summed E-state index contributed by atoms with van der Waals surface area (Å²) in [4.78, 5) is 18.7. The van der Waals surface area contributed by atoms with Crippen LogP contribution in [0.25, 0.3) is 21.5 Å². The summed E-state index contributed by atoms with van der Waals surface area (Å²) in [5.74, 6) is -0.135. The Hall–Kier alpha value is -2.69. The van der Waals surface area contributed by atoms with Crippen LogP contribution in [-0.4, -0.2) is 10.8 Å². The molecule has 3 nitrogen and oxygen atoms in total. The molecule has 2 N–H and O–H groups in total. The van der Waals surface area contributed by atoms with Crippen LogP contribution in [-0.2, 0) is 0 Å². The predicted octanol–water partition coefficient (Wildman–Crippen LogP) is 5.43. The number of hydrogen-bond acceptors (Lipinski definition) is 4. The lowest BCUT2D eigenvalue weighted by Crippen LogP contribution is -2.01. The van der Waals surface area contributed by atoms with E-state index in [2.05, 4.69) is 4.98 Å². The van der Waals surface area contributed by atoms with Crippen molar-refractivity contribution < 1.29 is 4.79 Å². The van der Waals surface area contributed by atoms with Gasteiger partial charge in [-0.25, -0.2) is 4.98 Å². The van der Waals surface area contributed by atoms with Crippen LogP contribution < -0.4 is 5.73 Å². The molecule has 2 aromatic carbocycles. The van der Waals surface area contributed by atoms with Crippen molar-refractivity contribution >= 4 is 44.6 Å². The van der Waals surface area contributed by atoms with Gasteiger partial charge < -0.3 is 5.73 Å². The molecule has 122 valence electrons. The number of nitrogens with zero attached hydrogens (tertiary/aromatic N) is 1. The second-order valence-corrected chi connectivity index (χ2v) is 7.04. The molecule has 2 aromatic heterocycles. The quantitative estimate of drug-likeness (QED) is 0.493. The van der Waals surface area contributed by atoms with Gasteiger partial charge in [0.2, 0.25) is 5.78 Å². The van der Waals surface area contributed by atoms with Crippen molar-refractivity contribution in [1.29, 1.82) is 0 Å². The van der Waals surface area contributed by atoms with Gasteiger partial charge in [0, 0.05) is 21.5 Å². The first-order valence-corrected chi connectivity index (χ1v) is 8.87. The third-order valence-electron chi connectivity index (χ3n) is 3.96. The highest BCUT2D eigenvalue weighted by atomic mass is 35.5. The number of nitrogens with two attached hydrogens (primary N) is 1. The molecule has 0 aliphatic rings. The Bertz CT molecular complexity index is 1090. The molecule has 0 fully saturated rings. The summed E-state index contributed by atoms with van der Waals surface area (Å²) in [6.45, 7) is 0. The fourth-order valence-electron chi connectivity index (χ4n) is 2.70. The Balaban J connectivity index is 1.81. The van der Waals surface area contributed by atoms with Crippen molar-refractivity contribution in [3.05, 3.63) is 82.2 Å². The maximum Gasteiger partial charge on any atom is 0.205 e. The summed E-state index contributed by atoms with van der Waals surface area (Å²) in [5.41, 5.74) is 9.10. The summed E-state index contributed by atoms with van der Waals surface area (Å²) in [5, 5.41) is 1.32. The summed E-state index contributed by atoms with van der Waals surface area (Å²) in [6, 6.07) is 20.6. The second-order valence-electron chi connectivity index (χ2n) is 5.60. The number of anilines is 1. The zero-order chi connectivity index (χ0) is 17.4. The van der Waals surface area contributed by atoms with Crippen LogP contribution >= 0.6 is 22.9 Å². The zero-order valence-electron chi connectivity index (χ0n) is 13.1. The largest absolute Gasteiger partial charge is 0.397 e. The van der Waals surface area contributed by atoms with E-state index < -0.39 is 0 Å². The molecule has 0 unspecified atom stereocenters. The summed E-state index contributed by atoms with van der Waals surface area (Å²) < 4.78 is 0. The number of carbonyl (C=O) groups excluding carboxylic acids is 1. The fourth-order valence-corrected chi connectivity index (χ4v) is 3.94. The first-order valence-electron chi connectivity index (χ1n) is 7.68. The molecule has 4 aromatic rings. The molecule has 4 rings (SSSR count). The van der Waals surface area contributed by atoms with Gasteiger partial charge in [-0.2, -0.15) is 0 Å². The summed E-state index contributed by atoms with van der Waals surface area (Å²) >= 11 is 7.30. The number of carbonyl (C=O) groups is 1. The van der Waals surface area contributed by atoms with Crippen molar-refractivity contribution in [3.63, 3.8) is 0 Å². The van der Waals surface area contributed by atoms with Gasteiger partial charge in [-0.05, 0) is 24.3 Å². The van der Waals surface area contributed by atoms with Gasteiger partial charge in [0.25, 0.3) is 0 Å². The van der Waals surface area contributed by atoms with Gasteiger partial charge >= 0.3 is 0 Å². The third-order valence-corrected chi connectivity index (χ3v) is 5.31. The number of fused-ring (bicyclic) bond motifs is 1. The van der Waals surface area contributed by atoms with Crippen molar-refractivity contribution in [2.75, 3.05) is 5.73 Å². The molecule has 0 radical (unpaired) electrons. The van der Waals surface area contributed by atoms with E-state index in [-0.39, 0.29) is 5.78 Å². The van der Waals surface area contributed by atoms with E-state index in [4.69, 9.17) is 17.3 Å². The molecule has 25 heavy (non-hydrogen) atoms. The van der Waals surface area contributed by atoms with Crippen molar-refractivity contribution in [3.8, 4) is 11.3 Å². The Labute approximate surface area is 153 Å². The fraction of sp³-hybridized carbons (Fsp3) is 0. The molecular weight excluding hydrogens is 352 g/mol. The monoisotopic (exact) mass is 364 g/mol. The summed E-state index contributed by atoms with van der Waals surface area (Å²) in [6.07, 6.45) is 0. The Morgan fingerprint density at radius 1 is 1.00 bits per heavy atom. The van der Waals surface area contributed by atoms with Crippen LogP contribution in [0.3, 0.4) is 0 Å². The number of hydrogen-bond donors (Lipinski definition) is 1. The highest BCUT2D eigenvalue weighted by Gasteiger charge is 2.19. The van der Waals surface area contributed by atoms with Crippen molar-refractivity contribution in [2.45, 2.75) is 0 Å². The van der Waals surface area contributed by atoms with Crippen LogP contribution in [0.2, 0.25) is 5.02 Å². The number of thiophene rings is 1. The smallest absolute Gasteiger partial charge is 0.205 e. The van der Waals surface area contributed by atoms with Gasteiger partial charge in [0.15, 0.2) is 0 Å². The Morgan fingerprint density at radius 3 is 2.56 bits per heavy atom. The molecule has 0 atom stereocenters. The molecule has 0 aliphatic carbocycles. The van der Waals surface area contributed by atoms with E-state index in [0.717, 1.165) is 21.5 Å². The lowest BCUT2D eigenvalue weighted by Gasteiger charge is -2.01. The molecule has 0 amide bonds. The number of nitrogen functional groups attached to an aromatic ring is 1. The zero-order valence-corrected chi connectivity index (χ0v) is 14.6. The van der Waals surface area contributed by atoms with E-state index in [0.29, 0.717) is 21.2 Å². The number of benzene rings is 2. The minimum Gasteiger partial charge on any atom is -0.397 e. The topological polar surface area (TPSA) is 56.0 Å². The molecule has 0 aliphatic heterocycles. The van der Waals surface area contributed by atoms with E-state index in [1.165, 1.54) is 11.3 Å². The SMILES string of the molecule is Nc1c(C(=O)c2cccc(Cl)c2)sc2nc(-c3ccccc3)ccc12. The minimum atomic E-state index is -0.135. The highest BCUT2D eigenvalue weighted by molar-refractivity contribution is 7.21. The first kappa shape index (κ1) is 15.8. The van der Waals surface area contributed by atoms with Gasteiger partial charge in [-0.1, -0.05) is 54.1 Å². The standard InChI is InChI=1S/C20H13ClN2OS/c21-14-8-4-7-13(11-14)18(24)19-17(22)15-9-10-16(23-20(15)25-19)12-5-2-1-3-6-12/h1-11H,22H2. The Morgan fingerprint density at radius 2 is 1.80 bits per heavy atom. The molecule has 0 bridgehead atoms. The average Bonchev–Trinajstić information content (AvgIpc) is 2.98. The van der Waals surface area contributed by atoms with Crippen LogP contribution in [0, 0.1) is 0 Å². The van der Waals surface area contributed by atoms with Crippen LogP contribution in [0.1, 0.15) is 15.2 Å². The van der Waals surface area contributed by atoms with E-state index >= 15 is 0 Å². The number of ketones is 1. The lowest BCUT2D eigenvalue weighted by atomic mass is 10.1. The first-order chi connectivity index (χ1) is 12.1. The van der Waals surface area contributed by atoms with Crippen molar-refractivity contribution in [1.82, 2.24) is 4.98 Å². The highest BCUT2D eigenvalue weighted by Crippen LogP contribution is 2.35. The molecule has 0 saturated heterocycles. The van der Waals surface area contributed by atoms with Gasteiger partial charge in [0.05, 0.1) is 11.4 Å². The van der Waals surface area contributed by atoms with Gasteiger partial charge in [-0.15, -0.1) is 11.3 Å². The number of rotatable bonds is 3. The predicted molar refractivity (Wildman–Crippen MR) is 104 cm³/mol. The van der Waals surface area contributed by atoms with Crippen LogP contribution in [0.15, 0.2) is 66.7 Å².